The number of amides is 2. The predicted molar refractivity (Wildman–Crippen MR) is 92.8 cm³/mol. The molecule has 1 aromatic rings. The Bertz CT molecular complexity index is 711. The van der Waals surface area contributed by atoms with E-state index in [-0.39, 0.29) is 18.2 Å². The average molecular weight is 385 g/mol. The van der Waals surface area contributed by atoms with Crippen LogP contribution in [0.2, 0.25) is 10.0 Å². The van der Waals surface area contributed by atoms with Gasteiger partial charge in [0.05, 0.1) is 36.4 Å². The van der Waals surface area contributed by atoms with Crippen LogP contribution in [0.25, 0.3) is 0 Å². The number of imide groups is 1. The van der Waals surface area contributed by atoms with Crippen molar-refractivity contribution >= 4 is 40.7 Å². The number of carbonyl (C=O) groups excluding carboxylic acids is 2. The van der Waals surface area contributed by atoms with Crippen molar-refractivity contribution in [1.82, 2.24) is 4.90 Å². The second-order valence-corrected chi connectivity index (χ2v) is 7.37. The molecule has 0 unspecified atom stereocenters. The number of anilines is 1. The summed E-state index contributed by atoms with van der Waals surface area (Å²) in [6, 6.07) is 4.29. The Morgan fingerprint density at radius 1 is 1.08 bits per heavy atom. The first-order valence-corrected chi connectivity index (χ1v) is 9.08. The van der Waals surface area contributed by atoms with E-state index in [0.29, 0.717) is 54.9 Å². The third-order valence-electron chi connectivity index (χ3n) is 5.09. The second-order valence-electron chi connectivity index (χ2n) is 6.53. The quantitative estimate of drug-likeness (QED) is 0.733. The topological polar surface area (TPSA) is 59.1 Å². The van der Waals surface area contributed by atoms with Gasteiger partial charge in [-0.25, -0.2) is 4.90 Å². The van der Waals surface area contributed by atoms with Gasteiger partial charge in [-0.2, -0.15) is 0 Å². The molecule has 3 saturated heterocycles. The molecule has 0 bridgehead atoms. The summed E-state index contributed by atoms with van der Waals surface area (Å²) in [6.45, 7) is 2.53. The molecular formula is C17H18Cl2N2O4. The predicted octanol–water partition coefficient (Wildman–Crippen LogP) is 2.46. The number of hydrogen-bond acceptors (Lipinski definition) is 5. The Kier molecular flexibility index (Phi) is 4.50. The van der Waals surface area contributed by atoms with Crippen LogP contribution in [-0.2, 0) is 19.1 Å². The van der Waals surface area contributed by atoms with Gasteiger partial charge >= 0.3 is 0 Å². The fourth-order valence-corrected chi connectivity index (χ4v) is 4.14. The van der Waals surface area contributed by atoms with Gasteiger partial charge in [-0.3, -0.25) is 14.5 Å². The standard InChI is InChI=1S/C17H18Cl2N2O4/c18-11-1-2-12(19)13(9-11)21-15(22)10-14(16(21)23)20-5-3-17(4-6-20)24-7-8-25-17/h1-2,9,14H,3-8,10H2/t14-/m1/s1. The number of nitrogens with zero attached hydrogens (tertiary/aromatic N) is 2. The molecule has 3 aliphatic heterocycles. The lowest BCUT2D eigenvalue weighted by Gasteiger charge is -2.39. The molecule has 2 amide bonds. The van der Waals surface area contributed by atoms with E-state index < -0.39 is 11.8 Å². The number of ether oxygens (including phenoxy) is 2. The van der Waals surface area contributed by atoms with Gasteiger partial charge in [-0.15, -0.1) is 0 Å². The molecule has 3 fully saturated rings. The number of carbonyl (C=O) groups is 2. The SMILES string of the molecule is O=C1C[C@@H](N2CCC3(CC2)OCCO3)C(=O)N1c1cc(Cl)ccc1Cl. The van der Waals surface area contributed by atoms with E-state index >= 15 is 0 Å². The van der Waals surface area contributed by atoms with Crippen molar-refractivity contribution in [2.24, 2.45) is 0 Å². The van der Waals surface area contributed by atoms with Gasteiger partial charge in [0.2, 0.25) is 5.91 Å². The maximum absolute atomic E-state index is 12.9. The minimum atomic E-state index is -0.502. The summed E-state index contributed by atoms with van der Waals surface area (Å²) in [6.07, 6.45) is 1.54. The molecule has 1 spiro atoms. The van der Waals surface area contributed by atoms with E-state index in [0.717, 1.165) is 4.90 Å². The van der Waals surface area contributed by atoms with Gasteiger partial charge in [-0.1, -0.05) is 23.2 Å². The van der Waals surface area contributed by atoms with Crippen molar-refractivity contribution < 1.29 is 19.1 Å². The van der Waals surface area contributed by atoms with Crippen molar-refractivity contribution in [3.05, 3.63) is 28.2 Å². The van der Waals surface area contributed by atoms with Gasteiger partial charge in [-0.05, 0) is 18.2 Å². The minimum absolute atomic E-state index is 0.149. The summed E-state index contributed by atoms with van der Waals surface area (Å²) in [5.74, 6) is -1.01. The smallest absolute Gasteiger partial charge is 0.251 e. The summed E-state index contributed by atoms with van der Waals surface area (Å²) in [5.41, 5.74) is 0.350. The molecule has 1 aromatic carbocycles. The fourth-order valence-electron chi connectivity index (χ4n) is 3.77. The van der Waals surface area contributed by atoms with E-state index in [2.05, 4.69) is 0 Å². The fraction of sp³-hybridized carbons (Fsp3) is 0.529. The monoisotopic (exact) mass is 384 g/mol. The lowest BCUT2D eigenvalue weighted by Crippen LogP contribution is -2.51. The van der Waals surface area contributed by atoms with Gasteiger partial charge in [0.1, 0.15) is 0 Å². The molecule has 25 heavy (non-hydrogen) atoms. The van der Waals surface area contributed by atoms with Gasteiger partial charge in [0.15, 0.2) is 5.79 Å². The van der Waals surface area contributed by atoms with Crippen LogP contribution in [-0.4, -0.2) is 54.8 Å². The molecule has 134 valence electrons. The highest BCUT2D eigenvalue weighted by Gasteiger charge is 2.47. The van der Waals surface area contributed by atoms with E-state index in [1.165, 1.54) is 0 Å². The summed E-state index contributed by atoms with van der Waals surface area (Å²) in [7, 11) is 0. The van der Waals surface area contributed by atoms with Crippen LogP contribution in [0.15, 0.2) is 18.2 Å². The normalized spacial score (nSPS) is 26.8. The highest BCUT2D eigenvalue weighted by atomic mass is 35.5. The molecule has 8 heteroatoms. The molecule has 3 heterocycles. The number of benzene rings is 1. The first-order chi connectivity index (χ1) is 12.0. The Balaban J connectivity index is 1.51. The third kappa shape index (κ3) is 3.06. The molecule has 6 nitrogen and oxygen atoms in total. The highest BCUT2D eigenvalue weighted by Crippen LogP contribution is 2.36. The first-order valence-electron chi connectivity index (χ1n) is 8.33. The first kappa shape index (κ1) is 17.2. The molecule has 0 N–H and O–H groups in total. The van der Waals surface area contributed by atoms with Crippen LogP contribution < -0.4 is 4.90 Å². The summed E-state index contributed by atoms with van der Waals surface area (Å²) >= 11 is 12.2. The minimum Gasteiger partial charge on any atom is -0.347 e. The number of hydrogen-bond donors (Lipinski definition) is 0. The van der Waals surface area contributed by atoms with Crippen molar-refractivity contribution in [2.45, 2.75) is 31.1 Å². The molecule has 4 rings (SSSR count). The van der Waals surface area contributed by atoms with Crippen LogP contribution in [0.4, 0.5) is 5.69 Å². The summed E-state index contributed by atoms with van der Waals surface area (Å²) in [5, 5.41) is 0.760. The molecule has 0 saturated carbocycles. The zero-order valence-corrected chi connectivity index (χ0v) is 15.1. The van der Waals surface area contributed by atoms with Crippen LogP contribution in [0, 0.1) is 0 Å². The average Bonchev–Trinajstić information content (AvgIpc) is 3.16. The zero-order valence-electron chi connectivity index (χ0n) is 13.5. The van der Waals surface area contributed by atoms with Crippen LogP contribution >= 0.6 is 23.2 Å². The zero-order chi connectivity index (χ0) is 17.6. The van der Waals surface area contributed by atoms with Crippen molar-refractivity contribution in [2.75, 3.05) is 31.2 Å². The molecule has 1 atom stereocenters. The lowest BCUT2D eigenvalue weighted by molar-refractivity contribution is -0.188. The maximum Gasteiger partial charge on any atom is 0.251 e. The van der Waals surface area contributed by atoms with Crippen molar-refractivity contribution in [3.63, 3.8) is 0 Å². The highest BCUT2D eigenvalue weighted by molar-refractivity contribution is 6.37. The van der Waals surface area contributed by atoms with Crippen LogP contribution in [0.5, 0.6) is 0 Å². The number of piperidine rings is 1. The second kappa shape index (κ2) is 6.52. The Morgan fingerprint density at radius 3 is 2.44 bits per heavy atom. The molecule has 0 aromatic heterocycles. The molecular weight excluding hydrogens is 367 g/mol. The summed E-state index contributed by atoms with van der Waals surface area (Å²) in [4.78, 5) is 28.6. The molecule has 0 radical (unpaired) electrons. The lowest BCUT2D eigenvalue weighted by atomic mass is 10.0. The Morgan fingerprint density at radius 2 is 1.76 bits per heavy atom. The van der Waals surface area contributed by atoms with Gasteiger partial charge in [0.25, 0.3) is 5.91 Å². The molecule has 3 aliphatic rings. The molecule has 0 aliphatic carbocycles. The van der Waals surface area contributed by atoms with E-state index in [1.54, 1.807) is 18.2 Å². The Hall–Kier alpha value is -1.18. The van der Waals surface area contributed by atoms with E-state index in [1.807, 2.05) is 4.90 Å². The Labute approximate surface area is 155 Å². The third-order valence-corrected chi connectivity index (χ3v) is 5.64. The number of likely N-dealkylation sites (tertiary alicyclic amines) is 1. The largest absolute Gasteiger partial charge is 0.347 e. The van der Waals surface area contributed by atoms with Crippen LogP contribution in [0.3, 0.4) is 0 Å². The summed E-state index contributed by atoms with van der Waals surface area (Å²) < 4.78 is 11.4. The van der Waals surface area contributed by atoms with Crippen LogP contribution in [0.1, 0.15) is 19.3 Å². The van der Waals surface area contributed by atoms with Gasteiger partial charge in [0, 0.05) is 31.0 Å². The number of halogens is 2. The van der Waals surface area contributed by atoms with E-state index in [9.17, 15) is 9.59 Å². The van der Waals surface area contributed by atoms with Gasteiger partial charge < -0.3 is 9.47 Å². The van der Waals surface area contributed by atoms with Crippen molar-refractivity contribution in [1.29, 1.82) is 0 Å². The van der Waals surface area contributed by atoms with Crippen molar-refractivity contribution in [3.8, 4) is 0 Å². The van der Waals surface area contributed by atoms with E-state index in [4.69, 9.17) is 32.7 Å². The number of rotatable bonds is 2. The maximum atomic E-state index is 12.9.